The molecule has 0 saturated carbocycles. The smallest absolute Gasteiger partial charge is 0.322 e. The molecule has 1 fully saturated rings. The first-order valence-corrected chi connectivity index (χ1v) is 8.41. The van der Waals surface area contributed by atoms with Crippen LogP contribution in [0.2, 0.25) is 0 Å². The molecule has 1 aromatic heterocycles. The van der Waals surface area contributed by atoms with Crippen LogP contribution < -0.4 is 4.72 Å². The molecule has 1 saturated heterocycles. The van der Waals surface area contributed by atoms with Gasteiger partial charge in [0, 0.05) is 32.0 Å². The first-order chi connectivity index (χ1) is 10.0. The number of aliphatic carboxylic acids is 1. The van der Waals surface area contributed by atoms with Crippen LogP contribution in [0.15, 0.2) is 18.5 Å². The number of piperidine rings is 1. The maximum Gasteiger partial charge on any atom is 0.322 e. The fourth-order valence-corrected chi connectivity index (χ4v) is 3.87. The van der Waals surface area contributed by atoms with Gasteiger partial charge in [-0.1, -0.05) is 0 Å². The van der Waals surface area contributed by atoms with Crippen molar-refractivity contribution in [3.63, 3.8) is 0 Å². The maximum atomic E-state index is 12.2. The Hall–Kier alpha value is -1.45. The first-order valence-electron chi connectivity index (χ1n) is 6.97. The quantitative estimate of drug-likeness (QED) is 0.692. The number of aryl methyl sites for hydroxylation is 1. The van der Waals surface area contributed by atoms with Gasteiger partial charge in [0.2, 0.25) is 0 Å². The lowest BCUT2D eigenvalue weighted by Crippen LogP contribution is -2.52. The monoisotopic (exact) mass is 316 g/mol. The fourth-order valence-electron chi connectivity index (χ4n) is 2.40. The Morgan fingerprint density at radius 1 is 1.43 bits per heavy atom. The van der Waals surface area contributed by atoms with Gasteiger partial charge in [-0.05, 0) is 31.7 Å². The molecule has 2 rings (SSSR count). The molecule has 1 aromatic rings. The van der Waals surface area contributed by atoms with E-state index in [1.54, 1.807) is 23.1 Å². The average molecular weight is 316 g/mol. The van der Waals surface area contributed by atoms with E-state index < -0.39 is 22.2 Å². The van der Waals surface area contributed by atoms with Crippen LogP contribution in [-0.2, 0) is 21.5 Å². The summed E-state index contributed by atoms with van der Waals surface area (Å²) in [6.45, 7) is 1.12. The number of nitrogens with zero attached hydrogens (tertiary/aromatic N) is 3. The van der Waals surface area contributed by atoms with Gasteiger partial charge in [-0.15, -0.1) is 0 Å². The number of hydrogen-bond acceptors (Lipinski definition) is 4. The second kappa shape index (κ2) is 7.01. The summed E-state index contributed by atoms with van der Waals surface area (Å²) in [6, 6.07) is 0.845. The second-order valence-electron chi connectivity index (χ2n) is 4.98. The van der Waals surface area contributed by atoms with E-state index in [9.17, 15) is 13.2 Å². The van der Waals surface area contributed by atoms with E-state index in [4.69, 9.17) is 5.11 Å². The molecule has 118 valence electrons. The third-order valence-corrected chi connectivity index (χ3v) is 5.08. The van der Waals surface area contributed by atoms with Crippen molar-refractivity contribution in [1.29, 1.82) is 0 Å². The average Bonchev–Trinajstić information content (AvgIpc) is 2.97. The predicted molar refractivity (Wildman–Crippen MR) is 75.7 cm³/mol. The Kier molecular flexibility index (Phi) is 5.32. The van der Waals surface area contributed by atoms with Gasteiger partial charge in [-0.3, -0.25) is 9.48 Å². The van der Waals surface area contributed by atoms with Crippen LogP contribution in [0.4, 0.5) is 0 Å². The molecule has 1 atom stereocenters. The molecule has 1 aliphatic heterocycles. The van der Waals surface area contributed by atoms with Crippen molar-refractivity contribution in [1.82, 2.24) is 18.8 Å². The summed E-state index contributed by atoms with van der Waals surface area (Å²) < 4.78 is 29.6. The van der Waals surface area contributed by atoms with Crippen LogP contribution in [0.5, 0.6) is 0 Å². The number of hydrogen-bond donors (Lipinski definition) is 2. The zero-order valence-corrected chi connectivity index (χ0v) is 12.5. The van der Waals surface area contributed by atoms with Crippen molar-refractivity contribution in [3.8, 4) is 0 Å². The molecule has 0 spiro atoms. The second-order valence-corrected chi connectivity index (χ2v) is 6.69. The minimum atomic E-state index is -3.75. The first kappa shape index (κ1) is 15.9. The summed E-state index contributed by atoms with van der Waals surface area (Å²) in [5.41, 5.74) is 0. The van der Waals surface area contributed by atoms with E-state index >= 15 is 0 Å². The van der Waals surface area contributed by atoms with Crippen LogP contribution in [0, 0.1) is 0 Å². The lowest BCUT2D eigenvalue weighted by Gasteiger charge is -2.31. The topological polar surface area (TPSA) is 105 Å². The summed E-state index contributed by atoms with van der Waals surface area (Å²) >= 11 is 0. The standard InChI is InChI=1S/C12H20N4O4S/c17-12(18)11-5-1-2-10-16(11)21(19,20)14-7-4-9-15-8-3-6-13-15/h3,6,8,11,14H,1-2,4-5,7,9-10H2,(H,17,18). The minimum Gasteiger partial charge on any atom is -0.480 e. The molecule has 0 bridgehead atoms. The highest BCUT2D eigenvalue weighted by molar-refractivity contribution is 7.87. The van der Waals surface area contributed by atoms with Gasteiger partial charge < -0.3 is 5.11 Å². The maximum absolute atomic E-state index is 12.2. The minimum absolute atomic E-state index is 0.255. The molecule has 21 heavy (non-hydrogen) atoms. The van der Waals surface area contributed by atoms with Gasteiger partial charge in [-0.2, -0.15) is 17.8 Å². The molecule has 0 aromatic carbocycles. The highest BCUT2D eigenvalue weighted by atomic mass is 32.2. The lowest BCUT2D eigenvalue weighted by atomic mass is 10.1. The van der Waals surface area contributed by atoms with E-state index in [2.05, 4.69) is 9.82 Å². The van der Waals surface area contributed by atoms with Crippen LogP contribution in [0.25, 0.3) is 0 Å². The molecule has 1 aliphatic rings. The highest BCUT2D eigenvalue weighted by Crippen LogP contribution is 2.19. The summed E-state index contributed by atoms with van der Waals surface area (Å²) in [6.07, 6.45) is 5.85. The van der Waals surface area contributed by atoms with Gasteiger partial charge >= 0.3 is 5.97 Å². The van der Waals surface area contributed by atoms with E-state index in [-0.39, 0.29) is 13.1 Å². The van der Waals surface area contributed by atoms with Crippen molar-refractivity contribution >= 4 is 16.2 Å². The van der Waals surface area contributed by atoms with Gasteiger partial charge in [0.05, 0.1) is 0 Å². The normalized spacial score (nSPS) is 20.5. The van der Waals surface area contributed by atoms with Crippen molar-refractivity contribution in [2.45, 2.75) is 38.3 Å². The zero-order chi connectivity index (χ0) is 15.3. The van der Waals surface area contributed by atoms with E-state index in [1.165, 1.54) is 0 Å². The van der Waals surface area contributed by atoms with E-state index in [0.717, 1.165) is 10.7 Å². The van der Waals surface area contributed by atoms with E-state index in [0.29, 0.717) is 25.8 Å². The van der Waals surface area contributed by atoms with Crippen molar-refractivity contribution in [3.05, 3.63) is 18.5 Å². The van der Waals surface area contributed by atoms with Crippen LogP contribution in [0.3, 0.4) is 0 Å². The van der Waals surface area contributed by atoms with E-state index in [1.807, 2.05) is 0 Å². The number of aromatic nitrogens is 2. The number of nitrogens with one attached hydrogen (secondary N) is 1. The molecule has 8 nitrogen and oxygen atoms in total. The molecule has 1 unspecified atom stereocenters. The third-order valence-electron chi connectivity index (χ3n) is 3.46. The molecular weight excluding hydrogens is 296 g/mol. The molecule has 2 N–H and O–H groups in total. The van der Waals surface area contributed by atoms with Gasteiger partial charge in [0.1, 0.15) is 6.04 Å². The molecule has 0 radical (unpaired) electrons. The molecule has 9 heteroatoms. The summed E-state index contributed by atoms with van der Waals surface area (Å²) in [5, 5.41) is 13.1. The summed E-state index contributed by atoms with van der Waals surface area (Å²) in [7, 11) is -3.75. The Labute approximate surface area is 123 Å². The Balaban J connectivity index is 1.86. The SMILES string of the molecule is O=C(O)C1CCCCN1S(=O)(=O)NCCCn1cccn1. The van der Waals surface area contributed by atoms with Crippen LogP contribution in [-0.4, -0.2) is 52.7 Å². The van der Waals surface area contributed by atoms with Crippen molar-refractivity contribution < 1.29 is 18.3 Å². The summed E-state index contributed by atoms with van der Waals surface area (Å²) in [5.74, 6) is -1.09. The van der Waals surface area contributed by atoms with Gasteiger partial charge in [0.15, 0.2) is 0 Å². The van der Waals surface area contributed by atoms with Gasteiger partial charge in [0.25, 0.3) is 10.2 Å². The molecule has 0 amide bonds. The summed E-state index contributed by atoms with van der Waals surface area (Å²) in [4.78, 5) is 11.2. The molecule has 2 heterocycles. The largest absolute Gasteiger partial charge is 0.480 e. The molecular formula is C12H20N4O4S. The van der Waals surface area contributed by atoms with Gasteiger partial charge in [-0.25, -0.2) is 4.72 Å². The fraction of sp³-hybridized carbons (Fsp3) is 0.667. The number of carboxylic acid groups (broad SMARTS) is 1. The zero-order valence-electron chi connectivity index (χ0n) is 11.7. The molecule has 0 aliphatic carbocycles. The highest BCUT2D eigenvalue weighted by Gasteiger charge is 2.36. The lowest BCUT2D eigenvalue weighted by molar-refractivity contribution is -0.142. The van der Waals surface area contributed by atoms with Crippen molar-refractivity contribution in [2.24, 2.45) is 0 Å². The van der Waals surface area contributed by atoms with Crippen LogP contribution >= 0.6 is 0 Å². The predicted octanol–water partition coefficient (Wildman–Crippen LogP) is 0.0467. The number of carboxylic acids is 1. The Bertz CT molecular complexity index is 558. The third kappa shape index (κ3) is 4.26. The van der Waals surface area contributed by atoms with Crippen molar-refractivity contribution in [2.75, 3.05) is 13.1 Å². The number of carbonyl (C=O) groups is 1. The Morgan fingerprint density at radius 2 is 2.24 bits per heavy atom. The Morgan fingerprint density at radius 3 is 2.90 bits per heavy atom. The number of rotatable bonds is 7. The van der Waals surface area contributed by atoms with Crippen LogP contribution in [0.1, 0.15) is 25.7 Å².